The summed E-state index contributed by atoms with van der Waals surface area (Å²) in [7, 11) is -3.72. The summed E-state index contributed by atoms with van der Waals surface area (Å²) in [6.07, 6.45) is 3.66. The molecule has 0 saturated heterocycles. The normalized spacial score (nSPS) is 11.4. The highest BCUT2D eigenvalue weighted by Crippen LogP contribution is 2.19. The van der Waals surface area contributed by atoms with Crippen LogP contribution in [0.1, 0.15) is 16.1 Å². The van der Waals surface area contributed by atoms with Gasteiger partial charge in [-0.15, -0.1) is 0 Å². The first-order chi connectivity index (χ1) is 14.4. The number of sulfonamides is 1. The van der Waals surface area contributed by atoms with Gasteiger partial charge in [-0.2, -0.15) is 0 Å². The topological polar surface area (TPSA) is 89.8 Å². The number of benzene rings is 2. The van der Waals surface area contributed by atoms with E-state index in [1.165, 1.54) is 36.4 Å². The van der Waals surface area contributed by atoms with Crippen LogP contribution in [0.25, 0.3) is 5.65 Å². The highest BCUT2D eigenvalue weighted by atomic mass is 79.9. The van der Waals surface area contributed by atoms with Crippen LogP contribution in [-0.2, 0) is 21.4 Å². The van der Waals surface area contributed by atoms with Crippen LogP contribution >= 0.6 is 15.9 Å². The van der Waals surface area contributed by atoms with Crippen molar-refractivity contribution in [3.63, 3.8) is 0 Å². The molecule has 0 aliphatic rings. The smallest absolute Gasteiger partial charge is 0.338 e. The number of ether oxygens (including phenoxy) is 1. The Kier molecular flexibility index (Phi) is 5.56. The number of nitrogens with zero attached hydrogens (tertiary/aromatic N) is 2. The van der Waals surface area contributed by atoms with Crippen LogP contribution < -0.4 is 4.72 Å². The van der Waals surface area contributed by atoms with Gasteiger partial charge in [0.15, 0.2) is 0 Å². The summed E-state index contributed by atoms with van der Waals surface area (Å²) >= 11 is 3.27. The van der Waals surface area contributed by atoms with E-state index in [4.69, 9.17) is 4.74 Å². The molecule has 4 aromatic rings. The number of carbonyl (C=O) groups excluding carboxylic acids is 1. The number of halogens is 1. The number of esters is 1. The predicted molar refractivity (Wildman–Crippen MR) is 116 cm³/mol. The van der Waals surface area contributed by atoms with Crippen LogP contribution in [0.3, 0.4) is 0 Å². The fraction of sp³-hybridized carbons (Fsp3) is 0.0476. The molecule has 0 unspecified atom stereocenters. The molecule has 30 heavy (non-hydrogen) atoms. The van der Waals surface area contributed by atoms with Crippen LogP contribution in [0.5, 0.6) is 0 Å². The Morgan fingerprint density at radius 2 is 1.77 bits per heavy atom. The molecule has 0 spiro atoms. The summed E-state index contributed by atoms with van der Waals surface area (Å²) in [6.45, 7) is 0.0401. The van der Waals surface area contributed by atoms with E-state index >= 15 is 0 Å². The van der Waals surface area contributed by atoms with Gasteiger partial charge in [0, 0.05) is 22.6 Å². The van der Waals surface area contributed by atoms with Gasteiger partial charge in [-0.05, 0) is 60.7 Å². The number of hydrogen-bond donors (Lipinski definition) is 1. The largest absolute Gasteiger partial charge is 0.456 e. The average Bonchev–Trinajstić information content (AvgIpc) is 3.16. The van der Waals surface area contributed by atoms with Gasteiger partial charge >= 0.3 is 5.97 Å². The van der Waals surface area contributed by atoms with E-state index in [0.717, 1.165) is 10.1 Å². The van der Waals surface area contributed by atoms with E-state index in [-0.39, 0.29) is 11.5 Å². The average molecular weight is 486 g/mol. The number of anilines is 1. The minimum Gasteiger partial charge on any atom is -0.456 e. The standard InChI is InChI=1S/C21H16BrN3O4S/c22-16-6-10-19(11-7-16)30(27,28)24-17-8-4-15(5-9-17)21(26)29-14-18-13-25-12-2-1-3-20(25)23-18/h1-13,24H,14H2. The Balaban J connectivity index is 1.40. The molecule has 152 valence electrons. The fourth-order valence-electron chi connectivity index (χ4n) is 2.78. The lowest BCUT2D eigenvalue weighted by atomic mass is 10.2. The van der Waals surface area contributed by atoms with E-state index < -0.39 is 16.0 Å². The van der Waals surface area contributed by atoms with Crippen LogP contribution in [0, 0.1) is 0 Å². The lowest BCUT2D eigenvalue weighted by molar-refractivity contribution is 0.0468. The second-order valence-electron chi connectivity index (χ2n) is 6.41. The van der Waals surface area contributed by atoms with Gasteiger partial charge in [-0.25, -0.2) is 18.2 Å². The zero-order valence-corrected chi connectivity index (χ0v) is 17.9. The van der Waals surface area contributed by atoms with Gasteiger partial charge < -0.3 is 9.14 Å². The van der Waals surface area contributed by atoms with Crippen molar-refractivity contribution in [3.05, 3.63) is 94.9 Å². The molecule has 0 atom stereocenters. The maximum Gasteiger partial charge on any atom is 0.338 e. The summed E-state index contributed by atoms with van der Waals surface area (Å²) in [5.41, 5.74) is 2.06. The van der Waals surface area contributed by atoms with E-state index in [1.807, 2.05) is 28.8 Å². The zero-order chi connectivity index (χ0) is 21.1. The molecule has 0 radical (unpaired) electrons. The number of fused-ring (bicyclic) bond motifs is 1. The van der Waals surface area contributed by atoms with Gasteiger partial charge in [0.25, 0.3) is 10.0 Å². The summed E-state index contributed by atoms with van der Waals surface area (Å²) in [5.74, 6) is -0.519. The first-order valence-corrected chi connectivity index (χ1v) is 11.2. The van der Waals surface area contributed by atoms with Crippen molar-refractivity contribution in [2.24, 2.45) is 0 Å². The van der Waals surface area contributed by atoms with E-state index in [2.05, 4.69) is 25.6 Å². The number of rotatable bonds is 6. The second kappa shape index (κ2) is 8.29. The van der Waals surface area contributed by atoms with Gasteiger partial charge in [0.2, 0.25) is 0 Å². The second-order valence-corrected chi connectivity index (χ2v) is 9.01. The Morgan fingerprint density at radius 3 is 2.47 bits per heavy atom. The maximum atomic E-state index is 12.4. The van der Waals surface area contributed by atoms with Crippen molar-refractivity contribution in [3.8, 4) is 0 Å². The number of imidazole rings is 1. The summed E-state index contributed by atoms with van der Waals surface area (Å²) in [5, 5.41) is 0. The van der Waals surface area contributed by atoms with Gasteiger partial charge in [0.05, 0.1) is 16.2 Å². The number of hydrogen-bond acceptors (Lipinski definition) is 5. The molecule has 0 fully saturated rings. The molecule has 0 amide bonds. The highest BCUT2D eigenvalue weighted by molar-refractivity contribution is 9.10. The monoisotopic (exact) mass is 485 g/mol. The Hall–Kier alpha value is -3.17. The molecular formula is C21H16BrN3O4S. The maximum absolute atomic E-state index is 12.4. The first kappa shape index (κ1) is 20.1. The van der Waals surface area contributed by atoms with Gasteiger partial charge in [-0.3, -0.25) is 4.72 Å². The molecule has 2 heterocycles. The molecule has 9 heteroatoms. The van der Waals surface area contributed by atoms with E-state index in [1.54, 1.807) is 18.3 Å². The minimum atomic E-state index is -3.72. The van der Waals surface area contributed by atoms with E-state index in [9.17, 15) is 13.2 Å². The molecule has 0 aliphatic heterocycles. The molecule has 7 nitrogen and oxygen atoms in total. The molecule has 1 N–H and O–H groups in total. The van der Waals surface area contributed by atoms with Crippen molar-refractivity contribution in [2.45, 2.75) is 11.5 Å². The molecule has 2 aromatic carbocycles. The van der Waals surface area contributed by atoms with Crippen molar-refractivity contribution in [1.82, 2.24) is 9.38 Å². The van der Waals surface area contributed by atoms with Gasteiger partial charge in [0.1, 0.15) is 12.3 Å². The molecule has 0 aliphatic carbocycles. The quantitative estimate of drug-likeness (QED) is 0.412. The molecule has 0 saturated carbocycles. The molecule has 4 rings (SSSR count). The molecular weight excluding hydrogens is 470 g/mol. The Bertz CT molecular complexity index is 1270. The van der Waals surface area contributed by atoms with Crippen LogP contribution in [0.4, 0.5) is 5.69 Å². The van der Waals surface area contributed by atoms with E-state index in [0.29, 0.717) is 16.9 Å². The number of nitrogens with one attached hydrogen (secondary N) is 1. The molecule has 2 aromatic heterocycles. The third-order valence-electron chi connectivity index (χ3n) is 4.26. The van der Waals surface area contributed by atoms with Crippen LogP contribution in [-0.4, -0.2) is 23.8 Å². The fourth-order valence-corrected chi connectivity index (χ4v) is 4.10. The van der Waals surface area contributed by atoms with Crippen molar-refractivity contribution < 1.29 is 17.9 Å². The Labute approximate surface area is 181 Å². The third kappa shape index (κ3) is 4.52. The number of pyridine rings is 1. The van der Waals surface area contributed by atoms with Gasteiger partial charge in [-0.1, -0.05) is 22.0 Å². The zero-order valence-electron chi connectivity index (χ0n) is 15.5. The highest BCUT2D eigenvalue weighted by Gasteiger charge is 2.15. The van der Waals surface area contributed by atoms with Crippen molar-refractivity contribution >= 4 is 43.3 Å². The first-order valence-electron chi connectivity index (χ1n) is 8.89. The summed E-state index contributed by atoms with van der Waals surface area (Å²) < 4.78 is 35.3. The Morgan fingerprint density at radius 1 is 1.03 bits per heavy atom. The number of carbonyl (C=O) groups is 1. The summed E-state index contributed by atoms with van der Waals surface area (Å²) in [6, 6.07) is 18.0. The minimum absolute atomic E-state index is 0.0401. The van der Waals surface area contributed by atoms with Crippen LogP contribution in [0.15, 0.2) is 88.5 Å². The SMILES string of the molecule is O=C(OCc1cn2ccccc2n1)c1ccc(NS(=O)(=O)c2ccc(Br)cc2)cc1. The molecule has 0 bridgehead atoms. The van der Waals surface area contributed by atoms with Crippen molar-refractivity contribution in [2.75, 3.05) is 4.72 Å². The lowest BCUT2D eigenvalue weighted by Gasteiger charge is -2.09. The predicted octanol–water partition coefficient (Wildman–Crippen LogP) is 4.25. The van der Waals surface area contributed by atoms with Crippen LogP contribution in [0.2, 0.25) is 0 Å². The van der Waals surface area contributed by atoms with Crippen molar-refractivity contribution in [1.29, 1.82) is 0 Å². The third-order valence-corrected chi connectivity index (χ3v) is 6.19. The number of aromatic nitrogens is 2. The lowest BCUT2D eigenvalue weighted by Crippen LogP contribution is -2.13. The summed E-state index contributed by atoms with van der Waals surface area (Å²) in [4.78, 5) is 16.8.